The lowest BCUT2D eigenvalue weighted by Crippen LogP contribution is -2.13. The van der Waals surface area contributed by atoms with Crippen LogP contribution in [0, 0.1) is 13.8 Å². The van der Waals surface area contributed by atoms with Crippen LogP contribution in [0.4, 0.5) is 11.6 Å². The van der Waals surface area contributed by atoms with E-state index in [-0.39, 0.29) is 4.99 Å². The standard InChI is InChI=1S/C13H13BrN4S/c1-7-5-9(3-4-10(7)14)17-13-16-8(2)6-11(18-13)12(15)19/h3-6H,1-2H3,(H2,15,19)(H,16,17,18). The largest absolute Gasteiger partial charge is 0.388 e. The molecule has 19 heavy (non-hydrogen) atoms. The van der Waals surface area contributed by atoms with Gasteiger partial charge in [0.05, 0.1) is 0 Å². The van der Waals surface area contributed by atoms with Gasteiger partial charge in [0.15, 0.2) is 0 Å². The van der Waals surface area contributed by atoms with Gasteiger partial charge in [-0.3, -0.25) is 0 Å². The Bertz CT molecular complexity index is 643. The number of nitrogens with zero attached hydrogens (tertiary/aromatic N) is 2. The van der Waals surface area contributed by atoms with Gasteiger partial charge in [-0.2, -0.15) is 0 Å². The van der Waals surface area contributed by atoms with Crippen molar-refractivity contribution in [2.45, 2.75) is 13.8 Å². The van der Waals surface area contributed by atoms with Crippen LogP contribution in [0.3, 0.4) is 0 Å². The molecule has 6 heteroatoms. The third kappa shape index (κ3) is 3.48. The van der Waals surface area contributed by atoms with Crippen molar-refractivity contribution in [3.05, 3.63) is 45.7 Å². The lowest BCUT2D eigenvalue weighted by molar-refractivity contribution is 1.09. The first-order chi connectivity index (χ1) is 8.95. The lowest BCUT2D eigenvalue weighted by Gasteiger charge is -2.08. The Morgan fingerprint density at radius 1 is 1.26 bits per heavy atom. The quantitative estimate of drug-likeness (QED) is 0.842. The molecule has 0 radical (unpaired) electrons. The van der Waals surface area contributed by atoms with Gasteiger partial charge in [-0.25, -0.2) is 9.97 Å². The number of benzene rings is 1. The molecule has 0 spiro atoms. The highest BCUT2D eigenvalue weighted by molar-refractivity contribution is 9.10. The van der Waals surface area contributed by atoms with Crippen LogP contribution in [0.1, 0.15) is 17.0 Å². The Hall–Kier alpha value is -1.53. The molecule has 2 rings (SSSR count). The molecule has 0 bridgehead atoms. The third-order valence-corrected chi connectivity index (χ3v) is 3.62. The summed E-state index contributed by atoms with van der Waals surface area (Å²) < 4.78 is 1.06. The van der Waals surface area contributed by atoms with Crippen molar-refractivity contribution in [1.29, 1.82) is 0 Å². The van der Waals surface area contributed by atoms with Crippen molar-refractivity contribution in [3.8, 4) is 0 Å². The normalized spacial score (nSPS) is 10.3. The molecule has 3 N–H and O–H groups in total. The first-order valence-electron chi connectivity index (χ1n) is 5.64. The number of aromatic nitrogens is 2. The zero-order valence-electron chi connectivity index (χ0n) is 10.6. The number of halogens is 1. The van der Waals surface area contributed by atoms with E-state index < -0.39 is 0 Å². The van der Waals surface area contributed by atoms with Gasteiger partial charge in [-0.15, -0.1) is 0 Å². The van der Waals surface area contributed by atoms with Crippen LogP contribution < -0.4 is 11.1 Å². The summed E-state index contributed by atoms with van der Waals surface area (Å²) in [4.78, 5) is 8.86. The fraction of sp³-hybridized carbons (Fsp3) is 0.154. The van der Waals surface area contributed by atoms with E-state index in [4.69, 9.17) is 18.0 Å². The molecule has 1 aromatic heterocycles. The predicted molar refractivity (Wildman–Crippen MR) is 84.8 cm³/mol. The van der Waals surface area contributed by atoms with Crippen molar-refractivity contribution in [3.63, 3.8) is 0 Å². The van der Waals surface area contributed by atoms with Crippen LogP contribution in [0.2, 0.25) is 0 Å². The van der Waals surface area contributed by atoms with Crippen LogP contribution in [0.25, 0.3) is 0 Å². The number of hydrogen-bond acceptors (Lipinski definition) is 4. The Morgan fingerprint density at radius 3 is 2.63 bits per heavy atom. The molecule has 0 aliphatic rings. The van der Waals surface area contributed by atoms with Gasteiger partial charge >= 0.3 is 0 Å². The number of aryl methyl sites for hydroxylation is 2. The number of nitrogens with one attached hydrogen (secondary N) is 1. The minimum absolute atomic E-state index is 0.264. The number of anilines is 2. The molecule has 4 nitrogen and oxygen atoms in total. The van der Waals surface area contributed by atoms with Crippen LogP contribution in [-0.2, 0) is 0 Å². The Kier molecular flexibility index (Phi) is 4.11. The first-order valence-corrected chi connectivity index (χ1v) is 6.84. The number of hydrogen-bond donors (Lipinski definition) is 2. The predicted octanol–water partition coefficient (Wildman–Crippen LogP) is 3.23. The van der Waals surface area contributed by atoms with Gasteiger partial charge in [0, 0.05) is 15.9 Å². The molecule has 1 heterocycles. The van der Waals surface area contributed by atoms with Gasteiger partial charge in [0.2, 0.25) is 5.95 Å². The first kappa shape index (κ1) is 13.9. The van der Waals surface area contributed by atoms with Crippen LogP contribution >= 0.6 is 28.1 Å². The summed E-state index contributed by atoms with van der Waals surface area (Å²) in [5, 5.41) is 3.15. The van der Waals surface area contributed by atoms with Gasteiger partial charge < -0.3 is 11.1 Å². The van der Waals surface area contributed by atoms with Crippen LogP contribution in [-0.4, -0.2) is 15.0 Å². The van der Waals surface area contributed by atoms with E-state index in [1.807, 2.05) is 32.0 Å². The van der Waals surface area contributed by atoms with Gasteiger partial charge in [0.25, 0.3) is 0 Å². The average Bonchev–Trinajstić information content (AvgIpc) is 2.33. The van der Waals surface area contributed by atoms with E-state index in [1.54, 1.807) is 6.07 Å². The lowest BCUT2D eigenvalue weighted by atomic mass is 10.2. The number of thiocarbonyl (C=S) groups is 1. The molecule has 0 amide bonds. The van der Waals surface area contributed by atoms with E-state index in [2.05, 4.69) is 31.2 Å². The zero-order valence-corrected chi connectivity index (χ0v) is 13.0. The summed E-state index contributed by atoms with van der Waals surface area (Å²) >= 11 is 8.40. The Labute approximate surface area is 125 Å². The maximum Gasteiger partial charge on any atom is 0.228 e. The molecule has 0 aliphatic carbocycles. The van der Waals surface area contributed by atoms with Gasteiger partial charge in [-0.05, 0) is 43.7 Å². The molecule has 2 aromatic rings. The summed E-state index contributed by atoms with van der Waals surface area (Å²) in [6, 6.07) is 7.70. The highest BCUT2D eigenvalue weighted by Gasteiger charge is 2.05. The van der Waals surface area contributed by atoms with Crippen molar-refractivity contribution in [1.82, 2.24) is 9.97 Å². The molecule has 0 saturated carbocycles. The summed E-state index contributed by atoms with van der Waals surface area (Å²) in [5.41, 5.74) is 9.03. The molecular weight excluding hydrogens is 324 g/mol. The molecule has 0 unspecified atom stereocenters. The minimum Gasteiger partial charge on any atom is -0.388 e. The number of nitrogens with two attached hydrogens (primary N) is 1. The van der Waals surface area contributed by atoms with E-state index in [1.165, 1.54) is 0 Å². The zero-order chi connectivity index (χ0) is 14.0. The summed E-state index contributed by atoms with van der Waals surface area (Å²) in [6.07, 6.45) is 0. The van der Waals surface area contributed by atoms with E-state index >= 15 is 0 Å². The molecule has 0 atom stereocenters. The monoisotopic (exact) mass is 336 g/mol. The second-order valence-electron chi connectivity index (χ2n) is 4.17. The fourth-order valence-electron chi connectivity index (χ4n) is 1.60. The van der Waals surface area contributed by atoms with Crippen LogP contribution in [0.15, 0.2) is 28.7 Å². The molecule has 0 aliphatic heterocycles. The third-order valence-electron chi connectivity index (χ3n) is 2.52. The second-order valence-corrected chi connectivity index (χ2v) is 5.47. The SMILES string of the molecule is Cc1cc(C(N)=S)nc(Nc2ccc(Br)c(C)c2)n1. The molecule has 98 valence electrons. The second kappa shape index (κ2) is 5.63. The molecule has 0 saturated heterocycles. The summed E-state index contributed by atoms with van der Waals surface area (Å²) in [5.74, 6) is 0.490. The summed E-state index contributed by atoms with van der Waals surface area (Å²) in [7, 11) is 0. The maximum absolute atomic E-state index is 5.60. The molecule has 0 fully saturated rings. The number of rotatable bonds is 3. The topological polar surface area (TPSA) is 63.8 Å². The molecular formula is C13H13BrN4S. The van der Waals surface area contributed by atoms with Crippen molar-refractivity contribution < 1.29 is 0 Å². The van der Waals surface area contributed by atoms with E-state index in [0.29, 0.717) is 11.6 Å². The molecule has 1 aromatic carbocycles. The Morgan fingerprint density at radius 2 is 2.00 bits per heavy atom. The van der Waals surface area contributed by atoms with E-state index in [9.17, 15) is 0 Å². The highest BCUT2D eigenvalue weighted by Crippen LogP contribution is 2.22. The average molecular weight is 337 g/mol. The van der Waals surface area contributed by atoms with E-state index in [0.717, 1.165) is 21.4 Å². The van der Waals surface area contributed by atoms with Crippen molar-refractivity contribution >= 4 is 44.8 Å². The fourth-order valence-corrected chi connectivity index (χ4v) is 1.95. The van der Waals surface area contributed by atoms with Gasteiger partial charge in [-0.1, -0.05) is 28.1 Å². The smallest absolute Gasteiger partial charge is 0.228 e. The summed E-state index contributed by atoms with van der Waals surface area (Å²) in [6.45, 7) is 3.90. The van der Waals surface area contributed by atoms with Crippen molar-refractivity contribution in [2.24, 2.45) is 5.73 Å². The maximum atomic E-state index is 5.60. The highest BCUT2D eigenvalue weighted by atomic mass is 79.9. The minimum atomic E-state index is 0.264. The van der Waals surface area contributed by atoms with Crippen molar-refractivity contribution in [2.75, 3.05) is 5.32 Å². The van der Waals surface area contributed by atoms with Crippen LogP contribution in [0.5, 0.6) is 0 Å². The Balaban J connectivity index is 2.32. The van der Waals surface area contributed by atoms with Gasteiger partial charge in [0.1, 0.15) is 10.7 Å².